The van der Waals surface area contributed by atoms with E-state index >= 15 is 0 Å². The van der Waals surface area contributed by atoms with E-state index < -0.39 is 0 Å². The fourth-order valence-electron chi connectivity index (χ4n) is 5.81. The third-order valence-electron chi connectivity index (χ3n) is 7.45. The number of fused-ring (bicyclic) bond motifs is 2. The van der Waals surface area contributed by atoms with E-state index in [-0.39, 0.29) is 6.04 Å². The predicted molar refractivity (Wildman–Crippen MR) is 119 cm³/mol. The van der Waals surface area contributed by atoms with Crippen LogP contribution in [0.1, 0.15) is 47.4 Å². The Hall–Kier alpha value is -2.75. The highest BCUT2D eigenvalue weighted by atomic mass is 16.5. The predicted octanol–water partition coefficient (Wildman–Crippen LogP) is 5.20. The van der Waals surface area contributed by atoms with Crippen LogP contribution in [0.5, 0.6) is 0 Å². The zero-order valence-corrected chi connectivity index (χ0v) is 18.0. The summed E-state index contributed by atoms with van der Waals surface area (Å²) in [6.07, 6.45) is 11.2. The van der Waals surface area contributed by atoms with E-state index in [0.717, 1.165) is 46.9 Å². The lowest BCUT2D eigenvalue weighted by Crippen LogP contribution is -2.33. The molecule has 3 heterocycles. The third-order valence-corrected chi connectivity index (χ3v) is 7.45. The minimum absolute atomic E-state index is 0.202. The van der Waals surface area contributed by atoms with Crippen molar-refractivity contribution in [2.45, 2.75) is 46.1 Å². The lowest BCUT2D eigenvalue weighted by molar-refractivity contribution is 0.345. The first kappa shape index (κ1) is 18.1. The van der Waals surface area contributed by atoms with Crippen LogP contribution >= 0.6 is 0 Å². The Morgan fingerprint density at radius 2 is 1.83 bits per heavy atom. The van der Waals surface area contributed by atoms with Gasteiger partial charge in [0, 0.05) is 41.4 Å². The average Bonchev–Trinajstić information content (AvgIpc) is 3.04. The molecule has 0 bridgehead atoms. The SMILES string of the molecule is Cc1ccc(C2=CN(CC3CC4CC4C3)C3=CC(c4c(C)noc4C)=CNC23)cc1. The van der Waals surface area contributed by atoms with E-state index in [1.165, 1.54) is 41.7 Å². The fourth-order valence-corrected chi connectivity index (χ4v) is 5.81. The van der Waals surface area contributed by atoms with E-state index in [4.69, 9.17) is 4.52 Å². The van der Waals surface area contributed by atoms with Gasteiger partial charge in [-0.25, -0.2) is 0 Å². The normalized spacial score (nSPS) is 29.0. The Kier molecular flexibility index (Phi) is 3.99. The molecule has 2 fully saturated rings. The second-order valence-corrected chi connectivity index (χ2v) is 9.66. The molecule has 6 rings (SSSR count). The molecule has 30 heavy (non-hydrogen) atoms. The van der Waals surface area contributed by atoms with Crippen LogP contribution in [0.15, 0.2) is 53.0 Å². The van der Waals surface area contributed by atoms with E-state index in [2.05, 4.69) is 65.0 Å². The molecular formula is C26H29N3O. The number of allylic oxidation sites excluding steroid dienone is 2. The monoisotopic (exact) mass is 399 g/mol. The zero-order valence-electron chi connectivity index (χ0n) is 18.0. The van der Waals surface area contributed by atoms with Crippen molar-refractivity contribution < 1.29 is 4.52 Å². The molecule has 2 saturated carbocycles. The van der Waals surface area contributed by atoms with Gasteiger partial charge in [0.1, 0.15) is 5.76 Å². The van der Waals surface area contributed by atoms with Gasteiger partial charge in [0.05, 0.1) is 11.7 Å². The molecule has 2 aromatic rings. The molecule has 3 atom stereocenters. The molecule has 0 radical (unpaired) electrons. The first-order valence-electron chi connectivity index (χ1n) is 11.2. The summed E-state index contributed by atoms with van der Waals surface area (Å²) >= 11 is 0. The molecule has 2 aliphatic heterocycles. The molecule has 154 valence electrons. The van der Waals surface area contributed by atoms with Crippen LogP contribution in [0.25, 0.3) is 11.1 Å². The van der Waals surface area contributed by atoms with E-state index in [1.807, 2.05) is 13.8 Å². The maximum Gasteiger partial charge on any atom is 0.141 e. The Bertz CT molecular complexity index is 1060. The summed E-state index contributed by atoms with van der Waals surface area (Å²) < 4.78 is 5.44. The molecule has 1 N–H and O–H groups in total. The van der Waals surface area contributed by atoms with Crippen LogP contribution in [0.4, 0.5) is 0 Å². The van der Waals surface area contributed by atoms with Gasteiger partial charge in [-0.1, -0.05) is 35.0 Å². The molecule has 2 aliphatic carbocycles. The topological polar surface area (TPSA) is 41.3 Å². The number of nitrogens with zero attached hydrogens (tertiary/aromatic N) is 2. The number of rotatable bonds is 4. The van der Waals surface area contributed by atoms with Crippen LogP contribution < -0.4 is 5.32 Å². The number of hydrogen-bond donors (Lipinski definition) is 1. The van der Waals surface area contributed by atoms with Gasteiger partial charge in [-0.15, -0.1) is 0 Å². The molecule has 4 nitrogen and oxygen atoms in total. The number of hydrogen-bond acceptors (Lipinski definition) is 4. The molecule has 1 aromatic heterocycles. The zero-order chi connectivity index (χ0) is 20.4. The van der Waals surface area contributed by atoms with Gasteiger partial charge in [-0.2, -0.15) is 0 Å². The van der Waals surface area contributed by atoms with Crippen molar-refractivity contribution in [3.63, 3.8) is 0 Å². The fraction of sp³-hybridized carbons (Fsp3) is 0.423. The van der Waals surface area contributed by atoms with Crippen LogP contribution in [-0.2, 0) is 0 Å². The number of benzene rings is 1. The van der Waals surface area contributed by atoms with Gasteiger partial charge in [-0.3, -0.25) is 0 Å². The van der Waals surface area contributed by atoms with Crippen molar-refractivity contribution in [1.29, 1.82) is 0 Å². The van der Waals surface area contributed by atoms with Gasteiger partial charge in [-0.05, 0) is 69.4 Å². The Labute approximate surface area is 178 Å². The molecule has 4 heteroatoms. The Morgan fingerprint density at radius 1 is 1.07 bits per heavy atom. The van der Waals surface area contributed by atoms with Crippen LogP contribution in [0.3, 0.4) is 0 Å². The molecule has 0 saturated heterocycles. The quantitative estimate of drug-likeness (QED) is 0.767. The highest BCUT2D eigenvalue weighted by Gasteiger charge is 2.46. The van der Waals surface area contributed by atoms with Gasteiger partial charge in [0.25, 0.3) is 0 Å². The summed E-state index contributed by atoms with van der Waals surface area (Å²) in [5.41, 5.74) is 8.53. The van der Waals surface area contributed by atoms with Gasteiger partial charge in [0.15, 0.2) is 0 Å². The van der Waals surface area contributed by atoms with Crippen molar-refractivity contribution in [3.8, 4) is 0 Å². The summed E-state index contributed by atoms with van der Waals surface area (Å²) in [6.45, 7) is 7.28. The highest BCUT2D eigenvalue weighted by molar-refractivity contribution is 5.83. The minimum atomic E-state index is 0.202. The van der Waals surface area contributed by atoms with Crippen LogP contribution in [0, 0.1) is 38.5 Å². The smallest absolute Gasteiger partial charge is 0.141 e. The summed E-state index contributed by atoms with van der Waals surface area (Å²) in [4.78, 5) is 2.52. The van der Waals surface area contributed by atoms with Crippen molar-refractivity contribution in [2.24, 2.45) is 17.8 Å². The van der Waals surface area contributed by atoms with Gasteiger partial charge >= 0.3 is 0 Å². The van der Waals surface area contributed by atoms with Crippen molar-refractivity contribution >= 4 is 11.1 Å². The van der Waals surface area contributed by atoms with Crippen molar-refractivity contribution in [3.05, 3.63) is 76.6 Å². The summed E-state index contributed by atoms with van der Waals surface area (Å²) in [5, 5.41) is 7.86. The van der Waals surface area contributed by atoms with E-state index in [0.29, 0.717) is 0 Å². The number of nitrogens with one attached hydrogen (secondary N) is 1. The molecule has 1 aromatic carbocycles. The van der Waals surface area contributed by atoms with Gasteiger partial charge in [0.2, 0.25) is 0 Å². The van der Waals surface area contributed by atoms with Crippen molar-refractivity contribution in [2.75, 3.05) is 6.54 Å². The molecule has 4 aliphatic rings. The maximum absolute atomic E-state index is 5.44. The highest BCUT2D eigenvalue weighted by Crippen LogP contribution is 2.55. The second kappa shape index (κ2) is 6.63. The first-order valence-corrected chi connectivity index (χ1v) is 11.2. The van der Waals surface area contributed by atoms with Gasteiger partial charge < -0.3 is 14.7 Å². The molecule has 3 unspecified atom stereocenters. The number of dihydropyridines is 1. The standard InChI is InChI=1S/C26H29N3O/c1-15-4-6-19(7-5-15)23-14-29(13-18-8-20-10-21(20)9-18)24-11-22(12-27-26(23)24)25-16(2)28-30-17(25)3/h4-7,11-12,14,18,20-21,26-27H,8-10,13H2,1-3H3. The van der Waals surface area contributed by atoms with Crippen LogP contribution in [-0.4, -0.2) is 22.6 Å². The lowest BCUT2D eigenvalue weighted by atomic mass is 9.94. The number of aromatic nitrogens is 1. The van der Waals surface area contributed by atoms with E-state index in [9.17, 15) is 0 Å². The third kappa shape index (κ3) is 2.92. The number of aryl methyl sites for hydroxylation is 3. The maximum atomic E-state index is 5.44. The average molecular weight is 400 g/mol. The molecule has 0 amide bonds. The van der Waals surface area contributed by atoms with Crippen molar-refractivity contribution in [1.82, 2.24) is 15.4 Å². The summed E-state index contributed by atoms with van der Waals surface area (Å²) in [5.74, 6) is 3.73. The molecular weight excluding hydrogens is 370 g/mol. The first-order chi connectivity index (χ1) is 14.6. The summed E-state index contributed by atoms with van der Waals surface area (Å²) in [6, 6.07) is 9.12. The Morgan fingerprint density at radius 3 is 2.53 bits per heavy atom. The largest absolute Gasteiger partial charge is 0.378 e. The van der Waals surface area contributed by atoms with Crippen LogP contribution in [0.2, 0.25) is 0 Å². The Balaban J connectivity index is 1.35. The molecule has 0 spiro atoms. The second-order valence-electron chi connectivity index (χ2n) is 9.66. The van der Waals surface area contributed by atoms with E-state index in [1.54, 1.807) is 0 Å². The summed E-state index contributed by atoms with van der Waals surface area (Å²) in [7, 11) is 0. The lowest BCUT2D eigenvalue weighted by Gasteiger charge is -2.29. The minimum Gasteiger partial charge on any atom is -0.378 e.